The van der Waals surface area contributed by atoms with Crippen LogP contribution in [0.25, 0.3) is 77.6 Å². The number of aromatic nitrogens is 3. The molecule has 0 amide bonds. The number of benzene rings is 9. The quantitative estimate of drug-likeness (QED) is 0.153. The molecule has 0 radical (unpaired) electrons. The van der Waals surface area contributed by atoms with E-state index in [2.05, 4.69) is 139 Å². The standard InChI is InChI=1S/C52H35N5/c53-48(37-18-6-2-7-19-37)47-45(36-16-4-1-5-17-36)32-40-26-29-43(33-46(40)49(47)54-44-22-8-3-9-23-44)52-56-50(41-27-24-34-14-10-12-20-38(34)30-41)55-51(57-52)42-28-25-35-15-11-13-21-39(35)31-42/h1-33,53-54H. The molecular weight excluding hydrogens is 695 g/mol. The molecule has 1 heterocycles. The smallest absolute Gasteiger partial charge is 0.164 e. The lowest BCUT2D eigenvalue weighted by Gasteiger charge is -2.21. The number of hydrogen-bond donors (Lipinski definition) is 2. The highest BCUT2D eigenvalue weighted by Gasteiger charge is 2.22. The van der Waals surface area contributed by atoms with Crippen LogP contribution in [-0.4, -0.2) is 20.7 Å². The van der Waals surface area contributed by atoms with Gasteiger partial charge in [-0.15, -0.1) is 0 Å². The molecule has 0 saturated carbocycles. The molecule has 0 unspecified atom stereocenters. The number of hydrogen-bond acceptors (Lipinski definition) is 5. The summed E-state index contributed by atoms with van der Waals surface area (Å²) >= 11 is 0. The van der Waals surface area contributed by atoms with Gasteiger partial charge in [0.05, 0.1) is 11.4 Å². The minimum absolute atomic E-state index is 0.428. The number of rotatable bonds is 8. The van der Waals surface area contributed by atoms with E-state index in [0.717, 1.165) is 82.6 Å². The Morgan fingerprint density at radius 1 is 0.386 bits per heavy atom. The maximum absolute atomic E-state index is 9.75. The second kappa shape index (κ2) is 14.5. The van der Waals surface area contributed by atoms with Crippen molar-refractivity contribution < 1.29 is 0 Å². The van der Waals surface area contributed by atoms with Gasteiger partial charge in [0.25, 0.3) is 0 Å². The largest absolute Gasteiger partial charge is 0.354 e. The highest BCUT2D eigenvalue weighted by molar-refractivity contribution is 6.22. The molecule has 0 fully saturated rings. The van der Waals surface area contributed by atoms with Crippen LogP contribution in [0.5, 0.6) is 0 Å². The van der Waals surface area contributed by atoms with Gasteiger partial charge in [-0.05, 0) is 74.5 Å². The van der Waals surface area contributed by atoms with Crippen LogP contribution in [0.4, 0.5) is 11.4 Å². The summed E-state index contributed by atoms with van der Waals surface area (Å²) in [6.07, 6.45) is 0. The third-order valence-electron chi connectivity index (χ3n) is 10.5. The Hall–Kier alpha value is -7.76. The van der Waals surface area contributed by atoms with Crippen LogP contribution < -0.4 is 5.32 Å². The van der Waals surface area contributed by atoms with Crippen LogP contribution in [0.15, 0.2) is 200 Å². The Labute approximate surface area is 330 Å². The minimum atomic E-state index is 0.428. The molecule has 10 rings (SSSR count). The summed E-state index contributed by atoms with van der Waals surface area (Å²) in [6.45, 7) is 0. The van der Waals surface area contributed by atoms with Gasteiger partial charge in [-0.2, -0.15) is 0 Å². The summed E-state index contributed by atoms with van der Waals surface area (Å²) < 4.78 is 0. The lowest BCUT2D eigenvalue weighted by molar-refractivity contribution is 1.08. The van der Waals surface area contributed by atoms with E-state index in [1.165, 1.54) is 0 Å². The van der Waals surface area contributed by atoms with Gasteiger partial charge in [0.2, 0.25) is 0 Å². The van der Waals surface area contributed by atoms with Crippen LogP contribution in [0.1, 0.15) is 11.1 Å². The van der Waals surface area contributed by atoms with Crippen molar-refractivity contribution in [2.75, 3.05) is 5.32 Å². The molecule has 9 aromatic carbocycles. The van der Waals surface area contributed by atoms with Crippen molar-refractivity contribution in [1.29, 1.82) is 5.41 Å². The molecule has 5 nitrogen and oxygen atoms in total. The molecule has 0 aliphatic heterocycles. The minimum Gasteiger partial charge on any atom is -0.354 e. The number of fused-ring (bicyclic) bond motifs is 3. The molecule has 2 N–H and O–H groups in total. The fraction of sp³-hybridized carbons (Fsp3) is 0. The molecule has 0 spiro atoms. The lowest BCUT2D eigenvalue weighted by Crippen LogP contribution is -2.09. The lowest BCUT2D eigenvalue weighted by atomic mass is 9.88. The van der Waals surface area contributed by atoms with Gasteiger partial charge in [-0.3, -0.25) is 5.41 Å². The maximum atomic E-state index is 9.75. The third kappa shape index (κ3) is 6.58. The molecule has 268 valence electrons. The van der Waals surface area contributed by atoms with E-state index in [1.54, 1.807) is 0 Å². The highest BCUT2D eigenvalue weighted by atomic mass is 15.0. The topological polar surface area (TPSA) is 74.5 Å². The number of nitrogens with zero attached hydrogens (tertiary/aromatic N) is 3. The summed E-state index contributed by atoms with van der Waals surface area (Å²) in [7, 11) is 0. The molecule has 57 heavy (non-hydrogen) atoms. The van der Waals surface area contributed by atoms with E-state index >= 15 is 0 Å². The van der Waals surface area contributed by atoms with Crippen LogP contribution in [0.2, 0.25) is 0 Å². The Bertz CT molecular complexity index is 3010. The summed E-state index contributed by atoms with van der Waals surface area (Å²) in [5.74, 6) is 1.76. The molecule has 0 saturated heterocycles. The fourth-order valence-electron chi connectivity index (χ4n) is 7.60. The van der Waals surface area contributed by atoms with E-state index < -0.39 is 0 Å². The van der Waals surface area contributed by atoms with Crippen molar-refractivity contribution in [3.05, 3.63) is 211 Å². The third-order valence-corrected chi connectivity index (χ3v) is 10.5. The van der Waals surface area contributed by atoms with E-state index in [9.17, 15) is 5.41 Å². The first-order chi connectivity index (χ1) is 28.1. The van der Waals surface area contributed by atoms with Crippen molar-refractivity contribution in [1.82, 2.24) is 15.0 Å². The summed E-state index contributed by atoms with van der Waals surface area (Å²) in [6, 6.07) is 68.4. The molecule has 0 bridgehead atoms. The van der Waals surface area contributed by atoms with Crippen molar-refractivity contribution in [3.8, 4) is 45.3 Å². The summed E-state index contributed by atoms with van der Waals surface area (Å²) in [5.41, 5.74) is 8.51. The van der Waals surface area contributed by atoms with Crippen molar-refractivity contribution in [3.63, 3.8) is 0 Å². The number of para-hydroxylation sites is 1. The molecule has 10 aromatic rings. The van der Waals surface area contributed by atoms with E-state index in [4.69, 9.17) is 15.0 Å². The predicted octanol–water partition coefficient (Wildman–Crippen LogP) is 13.2. The van der Waals surface area contributed by atoms with Gasteiger partial charge in [-0.1, -0.05) is 164 Å². The number of anilines is 2. The predicted molar refractivity (Wildman–Crippen MR) is 236 cm³/mol. The van der Waals surface area contributed by atoms with Gasteiger partial charge >= 0.3 is 0 Å². The van der Waals surface area contributed by atoms with Crippen molar-refractivity contribution in [2.45, 2.75) is 0 Å². The zero-order chi connectivity index (χ0) is 38.1. The van der Waals surface area contributed by atoms with Crippen LogP contribution >= 0.6 is 0 Å². The van der Waals surface area contributed by atoms with Crippen molar-refractivity contribution >= 4 is 49.4 Å². The summed E-state index contributed by atoms with van der Waals surface area (Å²) in [5, 5.41) is 20.1. The van der Waals surface area contributed by atoms with Gasteiger partial charge in [0.1, 0.15) is 0 Å². The molecule has 0 aliphatic carbocycles. The van der Waals surface area contributed by atoms with E-state index in [-0.39, 0.29) is 0 Å². The molecule has 1 aromatic heterocycles. The number of nitrogens with one attached hydrogen (secondary N) is 2. The first-order valence-corrected chi connectivity index (χ1v) is 19.0. The van der Waals surface area contributed by atoms with Crippen LogP contribution in [0, 0.1) is 5.41 Å². The Balaban J connectivity index is 1.22. The highest BCUT2D eigenvalue weighted by Crippen LogP contribution is 2.41. The van der Waals surface area contributed by atoms with Gasteiger partial charge < -0.3 is 5.32 Å². The zero-order valence-electron chi connectivity index (χ0n) is 30.9. The molecule has 0 aliphatic rings. The van der Waals surface area contributed by atoms with Gasteiger partial charge in [0.15, 0.2) is 17.5 Å². The Morgan fingerprint density at radius 2 is 0.842 bits per heavy atom. The van der Waals surface area contributed by atoms with E-state index in [0.29, 0.717) is 23.2 Å². The SMILES string of the molecule is N=C(c1ccccc1)c1c(-c2ccccc2)cc2ccc(-c3nc(-c4ccc5ccccc5c4)nc(-c4ccc5ccccc5c4)n3)cc2c1Nc1ccccc1. The van der Waals surface area contributed by atoms with Crippen LogP contribution in [-0.2, 0) is 0 Å². The monoisotopic (exact) mass is 729 g/mol. The second-order valence-electron chi connectivity index (χ2n) is 14.1. The molecular formula is C52H35N5. The summed E-state index contributed by atoms with van der Waals surface area (Å²) in [4.78, 5) is 15.5. The zero-order valence-corrected chi connectivity index (χ0v) is 30.9. The fourth-order valence-corrected chi connectivity index (χ4v) is 7.60. The molecule has 0 atom stereocenters. The Kier molecular flexibility index (Phi) is 8.58. The van der Waals surface area contributed by atoms with Gasteiger partial charge in [-0.25, -0.2) is 15.0 Å². The van der Waals surface area contributed by atoms with Gasteiger partial charge in [0, 0.05) is 38.9 Å². The average molecular weight is 730 g/mol. The van der Waals surface area contributed by atoms with Crippen LogP contribution in [0.3, 0.4) is 0 Å². The van der Waals surface area contributed by atoms with Crippen molar-refractivity contribution in [2.24, 2.45) is 0 Å². The molecule has 5 heteroatoms. The second-order valence-corrected chi connectivity index (χ2v) is 14.1. The maximum Gasteiger partial charge on any atom is 0.164 e. The first-order valence-electron chi connectivity index (χ1n) is 19.0. The normalized spacial score (nSPS) is 11.2. The van der Waals surface area contributed by atoms with E-state index in [1.807, 2.05) is 66.7 Å². The Morgan fingerprint density at radius 3 is 1.40 bits per heavy atom. The first kappa shape index (κ1) is 33.8. The average Bonchev–Trinajstić information content (AvgIpc) is 3.29.